The van der Waals surface area contributed by atoms with E-state index in [1.165, 1.54) is 19.3 Å². The molecular formula is C18H31N5O2. The van der Waals surface area contributed by atoms with Crippen LogP contribution in [-0.2, 0) is 11.3 Å². The van der Waals surface area contributed by atoms with Gasteiger partial charge in [-0.25, -0.2) is 4.79 Å². The van der Waals surface area contributed by atoms with Crippen molar-refractivity contribution in [1.82, 2.24) is 25.3 Å². The van der Waals surface area contributed by atoms with Gasteiger partial charge in [-0.15, -0.1) is 0 Å². The Morgan fingerprint density at radius 2 is 2.04 bits per heavy atom. The fourth-order valence-corrected chi connectivity index (χ4v) is 4.11. The summed E-state index contributed by atoms with van der Waals surface area (Å²) < 4.78 is 7.35. The van der Waals surface area contributed by atoms with Crippen molar-refractivity contribution in [2.24, 2.45) is 0 Å². The summed E-state index contributed by atoms with van der Waals surface area (Å²) in [5, 5.41) is 10.3. The van der Waals surface area contributed by atoms with Gasteiger partial charge in [-0.05, 0) is 25.8 Å². The van der Waals surface area contributed by atoms with Gasteiger partial charge < -0.3 is 15.4 Å². The van der Waals surface area contributed by atoms with Crippen LogP contribution in [0.4, 0.5) is 4.79 Å². The lowest BCUT2D eigenvalue weighted by atomic mass is 9.80. The third-order valence-corrected chi connectivity index (χ3v) is 5.44. The summed E-state index contributed by atoms with van der Waals surface area (Å²) in [6.45, 7) is 6.93. The van der Waals surface area contributed by atoms with Crippen LogP contribution in [0.1, 0.15) is 39.0 Å². The molecule has 0 unspecified atom stereocenters. The molecule has 0 bridgehead atoms. The van der Waals surface area contributed by atoms with Crippen molar-refractivity contribution in [3.8, 4) is 0 Å². The molecule has 140 valence electrons. The van der Waals surface area contributed by atoms with Crippen LogP contribution in [0.15, 0.2) is 18.5 Å². The normalized spacial score (nSPS) is 22.3. The number of nitrogens with one attached hydrogen (secondary N) is 2. The minimum atomic E-state index is -0.0853. The van der Waals surface area contributed by atoms with Crippen molar-refractivity contribution in [2.45, 2.75) is 57.2 Å². The van der Waals surface area contributed by atoms with Crippen LogP contribution < -0.4 is 10.6 Å². The Balaban J connectivity index is 1.50. The first-order chi connectivity index (χ1) is 12.2. The van der Waals surface area contributed by atoms with E-state index in [9.17, 15) is 4.79 Å². The fraction of sp³-hybridized carbons (Fsp3) is 0.778. The Kier molecular flexibility index (Phi) is 6.31. The van der Waals surface area contributed by atoms with E-state index in [4.69, 9.17) is 4.74 Å². The second-order valence-electron chi connectivity index (χ2n) is 7.34. The number of carbonyl (C=O) groups excluding carboxylic acids is 1. The minimum Gasteiger partial charge on any atom is -0.379 e. The zero-order valence-electron chi connectivity index (χ0n) is 15.2. The molecule has 0 spiro atoms. The maximum atomic E-state index is 12.4. The topological polar surface area (TPSA) is 71.4 Å². The minimum absolute atomic E-state index is 0.0330. The standard InChI is InChI=1S/C18H31N5O2/c1-16(14-23-9-5-8-20-23)21-17(24)19-15-18(6-3-2-4-7-18)22-10-12-25-13-11-22/h5,8-9,16H,2-4,6-7,10-15H2,1H3,(H2,19,21,24)/t16-/m1/s1. The smallest absolute Gasteiger partial charge is 0.315 e. The molecule has 1 saturated heterocycles. The number of nitrogens with zero attached hydrogens (tertiary/aromatic N) is 3. The van der Waals surface area contributed by atoms with Gasteiger partial charge in [0.1, 0.15) is 0 Å². The largest absolute Gasteiger partial charge is 0.379 e. The highest BCUT2D eigenvalue weighted by Crippen LogP contribution is 2.33. The molecule has 2 N–H and O–H groups in total. The van der Waals surface area contributed by atoms with Gasteiger partial charge in [0.15, 0.2) is 0 Å². The monoisotopic (exact) mass is 349 g/mol. The second kappa shape index (κ2) is 8.67. The maximum Gasteiger partial charge on any atom is 0.315 e. The van der Waals surface area contributed by atoms with Gasteiger partial charge in [0.2, 0.25) is 0 Å². The molecule has 0 radical (unpaired) electrons. The molecule has 2 fully saturated rings. The van der Waals surface area contributed by atoms with Gasteiger partial charge in [0.05, 0.1) is 19.8 Å². The summed E-state index contributed by atoms with van der Waals surface area (Å²) in [4.78, 5) is 14.9. The first-order valence-electron chi connectivity index (χ1n) is 9.53. The Labute approximate surface area is 150 Å². The third kappa shape index (κ3) is 4.95. The Hall–Kier alpha value is -1.60. The van der Waals surface area contributed by atoms with Crippen LogP contribution in [0.5, 0.6) is 0 Å². The van der Waals surface area contributed by atoms with Crippen molar-refractivity contribution >= 4 is 6.03 Å². The number of urea groups is 1. The lowest BCUT2D eigenvalue weighted by Crippen LogP contribution is -2.60. The van der Waals surface area contributed by atoms with Crippen LogP contribution in [0.3, 0.4) is 0 Å². The van der Waals surface area contributed by atoms with Crippen molar-refractivity contribution in [3.05, 3.63) is 18.5 Å². The molecule has 1 saturated carbocycles. The molecular weight excluding hydrogens is 318 g/mol. The van der Waals surface area contributed by atoms with E-state index < -0.39 is 0 Å². The highest BCUT2D eigenvalue weighted by Gasteiger charge is 2.38. The summed E-state index contributed by atoms with van der Waals surface area (Å²) in [7, 11) is 0. The first-order valence-corrected chi connectivity index (χ1v) is 9.53. The number of amides is 2. The van der Waals surface area contributed by atoms with E-state index in [0.717, 1.165) is 39.1 Å². The highest BCUT2D eigenvalue weighted by atomic mass is 16.5. The van der Waals surface area contributed by atoms with Crippen molar-refractivity contribution in [3.63, 3.8) is 0 Å². The van der Waals surface area contributed by atoms with E-state index in [-0.39, 0.29) is 17.6 Å². The van der Waals surface area contributed by atoms with E-state index in [2.05, 4.69) is 20.6 Å². The van der Waals surface area contributed by atoms with Gasteiger partial charge in [-0.1, -0.05) is 19.3 Å². The SMILES string of the molecule is C[C@H](Cn1cccn1)NC(=O)NCC1(N2CCOCC2)CCCCC1. The zero-order valence-corrected chi connectivity index (χ0v) is 15.2. The van der Waals surface area contributed by atoms with Crippen LogP contribution in [-0.4, -0.2) is 65.1 Å². The predicted octanol–water partition coefficient (Wildman–Crippen LogP) is 1.61. The molecule has 1 aliphatic heterocycles. The van der Waals surface area contributed by atoms with Crippen LogP contribution in [0.25, 0.3) is 0 Å². The number of carbonyl (C=O) groups is 1. The molecule has 1 aromatic rings. The van der Waals surface area contributed by atoms with Crippen molar-refractivity contribution in [1.29, 1.82) is 0 Å². The fourth-order valence-electron chi connectivity index (χ4n) is 4.11. The van der Waals surface area contributed by atoms with E-state index in [0.29, 0.717) is 13.1 Å². The molecule has 25 heavy (non-hydrogen) atoms. The summed E-state index contributed by atoms with van der Waals surface area (Å²) in [6.07, 6.45) is 9.78. The van der Waals surface area contributed by atoms with Crippen molar-refractivity contribution in [2.75, 3.05) is 32.8 Å². The number of ether oxygens (including phenoxy) is 1. The molecule has 7 nitrogen and oxygen atoms in total. The number of hydrogen-bond acceptors (Lipinski definition) is 4. The van der Waals surface area contributed by atoms with Gasteiger partial charge in [0.25, 0.3) is 0 Å². The molecule has 1 aromatic heterocycles. The van der Waals surface area contributed by atoms with Gasteiger partial charge in [-0.2, -0.15) is 5.10 Å². The summed E-state index contributed by atoms with van der Waals surface area (Å²) in [6, 6.07) is 1.84. The number of hydrogen-bond donors (Lipinski definition) is 2. The van der Waals surface area contributed by atoms with Crippen LogP contribution in [0.2, 0.25) is 0 Å². The summed E-state index contributed by atoms with van der Waals surface area (Å²) >= 11 is 0. The number of aromatic nitrogens is 2. The molecule has 1 aliphatic carbocycles. The summed E-state index contributed by atoms with van der Waals surface area (Å²) in [5.74, 6) is 0. The molecule has 1 atom stereocenters. The molecule has 0 aromatic carbocycles. The average Bonchev–Trinajstić information content (AvgIpc) is 3.14. The molecule has 3 rings (SSSR count). The Morgan fingerprint density at radius 3 is 2.72 bits per heavy atom. The quantitative estimate of drug-likeness (QED) is 0.818. The van der Waals surface area contributed by atoms with Gasteiger partial charge in [0, 0.05) is 43.6 Å². The Morgan fingerprint density at radius 1 is 1.28 bits per heavy atom. The van der Waals surface area contributed by atoms with E-state index in [1.807, 2.05) is 23.9 Å². The summed E-state index contributed by atoms with van der Waals surface area (Å²) in [5.41, 5.74) is 0.102. The van der Waals surface area contributed by atoms with E-state index in [1.54, 1.807) is 6.20 Å². The Bertz CT molecular complexity index is 522. The third-order valence-electron chi connectivity index (χ3n) is 5.44. The average molecular weight is 349 g/mol. The van der Waals surface area contributed by atoms with Gasteiger partial charge >= 0.3 is 6.03 Å². The maximum absolute atomic E-state index is 12.4. The number of morpholine rings is 1. The van der Waals surface area contributed by atoms with Crippen molar-refractivity contribution < 1.29 is 9.53 Å². The molecule has 2 heterocycles. The second-order valence-corrected chi connectivity index (χ2v) is 7.34. The highest BCUT2D eigenvalue weighted by molar-refractivity contribution is 5.74. The lowest BCUT2D eigenvalue weighted by molar-refractivity contribution is -0.0357. The zero-order chi connectivity index (χ0) is 17.5. The van der Waals surface area contributed by atoms with Crippen LogP contribution >= 0.6 is 0 Å². The van der Waals surface area contributed by atoms with E-state index >= 15 is 0 Å². The van der Waals surface area contributed by atoms with Gasteiger partial charge in [-0.3, -0.25) is 9.58 Å². The molecule has 2 aliphatic rings. The lowest BCUT2D eigenvalue weighted by Gasteiger charge is -2.48. The predicted molar refractivity (Wildman–Crippen MR) is 96.4 cm³/mol. The molecule has 7 heteroatoms. The number of rotatable bonds is 6. The molecule has 2 amide bonds. The van der Waals surface area contributed by atoms with Crippen LogP contribution in [0, 0.1) is 0 Å². The first kappa shape index (κ1) is 18.2.